The minimum Gasteiger partial charge on any atom is -0.315 e. The molecule has 1 aliphatic rings. The number of benzene rings is 1. The number of nitrogens with zero attached hydrogens (tertiary/aromatic N) is 3. The van der Waals surface area contributed by atoms with E-state index in [1.54, 1.807) is 18.1 Å². The summed E-state index contributed by atoms with van der Waals surface area (Å²) in [5, 5.41) is 0. The van der Waals surface area contributed by atoms with E-state index in [9.17, 15) is 0 Å². The van der Waals surface area contributed by atoms with Crippen LogP contribution < -0.4 is 4.90 Å². The number of rotatable bonds is 1. The Morgan fingerprint density at radius 3 is 2.93 bits per heavy atom. The van der Waals surface area contributed by atoms with Crippen molar-refractivity contribution in [3.05, 3.63) is 42.9 Å². The van der Waals surface area contributed by atoms with Gasteiger partial charge in [-0.2, -0.15) is 0 Å². The second-order valence-corrected chi connectivity index (χ2v) is 4.23. The largest absolute Gasteiger partial charge is 0.315 e. The van der Waals surface area contributed by atoms with Gasteiger partial charge in [0.15, 0.2) is 5.82 Å². The van der Waals surface area contributed by atoms with Crippen LogP contribution in [0.1, 0.15) is 0 Å². The van der Waals surface area contributed by atoms with Crippen LogP contribution in [0.25, 0.3) is 0 Å². The van der Waals surface area contributed by atoms with Crippen LogP contribution in [0.4, 0.5) is 11.5 Å². The molecule has 0 unspecified atom stereocenters. The summed E-state index contributed by atoms with van der Waals surface area (Å²) in [6.45, 7) is 0. The first-order chi connectivity index (χ1) is 7.45. The Labute approximate surface area is 92.2 Å². The number of hydrogen-bond acceptors (Lipinski definition) is 4. The molecular weight excluding hydrogens is 206 g/mol. The molecule has 1 aromatic heterocycles. The average Bonchev–Trinajstić information content (AvgIpc) is 2.74. The van der Waals surface area contributed by atoms with E-state index < -0.39 is 0 Å². The van der Waals surface area contributed by atoms with Gasteiger partial charge in [0.25, 0.3) is 0 Å². The number of thioether (sulfide) groups is 1. The molecule has 0 atom stereocenters. The zero-order valence-electron chi connectivity index (χ0n) is 8.00. The lowest BCUT2D eigenvalue weighted by molar-refractivity contribution is 1.04. The zero-order valence-corrected chi connectivity index (χ0v) is 8.81. The third kappa shape index (κ3) is 1.47. The summed E-state index contributed by atoms with van der Waals surface area (Å²) in [5.74, 6) is 1.93. The molecule has 0 aliphatic carbocycles. The second kappa shape index (κ2) is 3.55. The van der Waals surface area contributed by atoms with Gasteiger partial charge in [0, 0.05) is 11.9 Å². The highest BCUT2D eigenvalue weighted by Gasteiger charge is 2.21. The quantitative estimate of drug-likeness (QED) is 0.731. The second-order valence-electron chi connectivity index (χ2n) is 3.25. The predicted octanol–water partition coefficient (Wildman–Crippen LogP) is 2.68. The Bertz CT molecular complexity index is 472. The van der Waals surface area contributed by atoms with Gasteiger partial charge in [-0.1, -0.05) is 30.0 Å². The van der Waals surface area contributed by atoms with Crippen molar-refractivity contribution < 1.29 is 0 Å². The van der Waals surface area contributed by atoms with E-state index in [-0.39, 0.29) is 0 Å². The smallest absolute Gasteiger partial charge is 0.150 e. The van der Waals surface area contributed by atoms with Gasteiger partial charge in [0.1, 0.15) is 6.33 Å². The monoisotopic (exact) mass is 215 g/mol. The van der Waals surface area contributed by atoms with E-state index in [2.05, 4.69) is 27.0 Å². The molecule has 4 heteroatoms. The number of aromatic nitrogens is 2. The predicted molar refractivity (Wildman–Crippen MR) is 61.3 cm³/mol. The lowest BCUT2D eigenvalue weighted by Gasteiger charge is -2.16. The van der Waals surface area contributed by atoms with E-state index in [4.69, 9.17) is 0 Å². The molecule has 1 aromatic carbocycles. The Balaban J connectivity index is 2.05. The molecule has 0 saturated heterocycles. The summed E-state index contributed by atoms with van der Waals surface area (Å²) in [6, 6.07) is 10.3. The molecule has 0 amide bonds. The minimum absolute atomic E-state index is 0.915. The van der Waals surface area contributed by atoms with Crippen LogP contribution in [0.2, 0.25) is 0 Å². The number of para-hydroxylation sites is 1. The molecule has 0 N–H and O–H groups in total. The Morgan fingerprint density at radius 2 is 2.07 bits per heavy atom. The maximum Gasteiger partial charge on any atom is 0.150 e. The van der Waals surface area contributed by atoms with E-state index in [0.717, 1.165) is 16.6 Å². The Morgan fingerprint density at radius 1 is 1.20 bits per heavy atom. The van der Waals surface area contributed by atoms with Crippen molar-refractivity contribution in [3.8, 4) is 0 Å². The van der Waals surface area contributed by atoms with Gasteiger partial charge in [-0.05, 0) is 12.1 Å². The number of fused-ring (bicyclic) bond motifs is 1. The molecule has 74 valence electrons. The summed E-state index contributed by atoms with van der Waals surface area (Å²) in [4.78, 5) is 11.7. The Kier molecular flexibility index (Phi) is 2.07. The van der Waals surface area contributed by atoms with E-state index in [1.165, 1.54) is 5.69 Å². The van der Waals surface area contributed by atoms with Crippen LogP contribution in [0.3, 0.4) is 0 Å². The first-order valence-electron chi connectivity index (χ1n) is 4.70. The maximum absolute atomic E-state index is 4.31. The highest BCUT2D eigenvalue weighted by atomic mass is 32.2. The fraction of sp³-hybridized carbons (Fsp3) is 0.0909. The summed E-state index contributed by atoms with van der Waals surface area (Å²) in [6.07, 6.45) is 3.47. The van der Waals surface area contributed by atoms with Crippen LogP contribution in [-0.2, 0) is 0 Å². The Hall–Kier alpha value is -1.55. The van der Waals surface area contributed by atoms with Gasteiger partial charge in [-0.25, -0.2) is 9.97 Å². The molecule has 2 aromatic rings. The molecule has 1 aliphatic heterocycles. The van der Waals surface area contributed by atoms with Crippen molar-refractivity contribution >= 4 is 23.3 Å². The maximum atomic E-state index is 4.31. The summed E-state index contributed by atoms with van der Waals surface area (Å²) >= 11 is 1.77. The van der Waals surface area contributed by atoms with Crippen LogP contribution in [0, 0.1) is 0 Å². The highest BCUT2D eigenvalue weighted by Crippen LogP contribution is 2.40. The third-order valence-corrected chi connectivity index (χ3v) is 3.32. The fourth-order valence-electron chi connectivity index (χ4n) is 1.61. The zero-order chi connectivity index (χ0) is 10.1. The molecule has 2 heterocycles. The number of anilines is 2. The lowest BCUT2D eigenvalue weighted by Crippen LogP contribution is -2.12. The summed E-state index contributed by atoms with van der Waals surface area (Å²) in [5.41, 5.74) is 1.18. The molecule has 0 saturated carbocycles. The van der Waals surface area contributed by atoms with E-state index in [1.807, 2.05) is 24.4 Å². The molecular formula is C11H9N3S. The van der Waals surface area contributed by atoms with Gasteiger partial charge < -0.3 is 4.90 Å². The molecule has 3 rings (SSSR count). The highest BCUT2D eigenvalue weighted by molar-refractivity contribution is 7.99. The van der Waals surface area contributed by atoms with Crippen molar-refractivity contribution in [1.29, 1.82) is 0 Å². The lowest BCUT2D eigenvalue weighted by atomic mass is 10.3. The summed E-state index contributed by atoms with van der Waals surface area (Å²) < 4.78 is 0. The van der Waals surface area contributed by atoms with Crippen LogP contribution in [0.5, 0.6) is 0 Å². The van der Waals surface area contributed by atoms with Gasteiger partial charge in [-0.3, -0.25) is 0 Å². The third-order valence-electron chi connectivity index (χ3n) is 2.33. The minimum atomic E-state index is 0.915. The fourth-order valence-corrected chi connectivity index (χ4v) is 2.58. The van der Waals surface area contributed by atoms with E-state index in [0.29, 0.717) is 0 Å². The summed E-state index contributed by atoms with van der Waals surface area (Å²) in [7, 11) is 0. The van der Waals surface area contributed by atoms with Crippen molar-refractivity contribution in [3.63, 3.8) is 0 Å². The van der Waals surface area contributed by atoms with Crippen LogP contribution >= 0.6 is 11.8 Å². The molecule has 15 heavy (non-hydrogen) atoms. The number of hydrogen-bond donors (Lipinski definition) is 0. The van der Waals surface area contributed by atoms with Crippen LogP contribution in [0.15, 0.2) is 47.8 Å². The van der Waals surface area contributed by atoms with Crippen molar-refractivity contribution in [2.45, 2.75) is 4.90 Å². The first kappa shape index (κ1) is 8.73. The molecule has 0 fully saturated rings. The topological polar surface area (TPSA) is 29.0 Å². The molecule has 3 nitrogen and oxygen atoms in total. The molecule has 0 bridgehead atoms. The normalized spacial score (nSPS) is 14.0. The van der Waals surface area contributed by atoms with Crippen molar-refractivity contribution in [2.24, 2.45) is 0 Å². The molecule has 0 radical (unpaired) electrons. The first-order valence-corrected chi connectivity index (χ1v) is 5.69. The van der Waals surface area contributed by atoms with Gasteiger partial charge >= 0.3 is 0 Å². The van der Waals surface area contributed by atoms with Crippen LogP contribution in [-0.4, -0.2) is 15.8 Å². The average molecular weight is 215 g/mol. The van der Waals surface area contributed by atoms with Gasteiger partial charge in [0.2, 0.25) is 0 Å². The van der Waals surface area contributed by atoms with Crippen molar-refractivity contribution in [2.75, 3.05) is 10.8 Å². The standard InChI is InChI=1S/C11H9N3S/c1-2-4-9(5-3-1)14-8-15-10-6-12-7-13-11(10)14/h1-7H,8H2. The van der Waals surface area contributed by atoms with Gasteiger partial charge in [-0.15, -0.1) is 0 Å². The van der Waals surface area contributed by atoms with E-state index >= 15 is 0 Å². The molecule has 0 spiro atoms. The SMILES string of the molecule is c1ccc(N2CSc3cncnc32)cc1. The van der Waals surface area contributed by atoms with Crippen molar-refractivity contribution in [1.82, 2.24) is 9.97 Å². The van der Waals surface area contributed by atoms with Gasteiger partial charge in [0.05, 0.1) is 10.8 Å².